The molecular weight excluding hydrogens is 272 g/mol. The van der Waals surface area contributed by atoms with E-state index in [1.807, 2.05) is 28.7 Å². The average Bonchev–Trinajstić information content (AvgIpc) is 2.09. The fraction of sp³-hybridized carbons (Fsp3) is 0.125. The molecule has 0 unspecified atom stereocenters. The van der Waals surface area contributed by atoms with Crippen LogP contribution in [-0.2, 0) is 0 Å². The van der Waals surface area contributed by atoms with Gasteiger partial charge < -0.3 is 4.74 Å². The van der Waals surface area contributed by atoms with Crippen LogP contribution in [0.4, 0.5) is 4.39 Å². The predicted octanol–water partition coefficient (Wildman–Crippen LogP) is 2.31. The number of nitrogens with zero attached hydrogens (tertiary/aromatic N) is 1. The van der Waals surface area contributed by atoms with Gasteiger partial charge in [0.2, 0.25) is 0 Å². The van der Waals surface area contributed by atoms with Crippen LogP contribution in [0.15, 0.2) is 12.1 Å². The fourth-order valence-electron chi connectivity index (χ4n) is 0.785. The summed E-state index contributed by atoms with van der Waals surface area (Å²) in [4.78, 5) is 0. The highest BCUT2D eigenvalue weighted by molar-refractivity contribution is 14.1. The zero-order chi connectivity index (χ0) is 9.14. The molecule has 2 nitrogen and oxygen atoms in total. The molecule has 4 heteroatoms. The number of rotatable bonds is 1. The van der Waals surface area contributed by atoms with Crippen molar-refractivity contribution in [3.63, 3.8) is 0 Å². The van der Waals surface area contributed by atoms with Gasteiger partial charge >= 0.3 is 0 Å². The summed E-state index contributed by atoms with van der Waals surface area (Å²) in [5, 5.41) is 8.61. The molecular formula is C8H5FINO. The molecule has 0 aliphatic rings. The van der Waals surface area contributed by atoms with Crippen molar-refractivity contribution in [3.05, 3.63) is 27.1 Å². The maximum atomic E-state index is 12.9. The topological polar surface area (TPSA) is 33.0 Å². The second kappa shape index (κ2) is 3.72. The van der Waals surface area contributed by atoms with Crippen molar-refractivity contribution in [2.75, 3.05) is 7.11 Å². The Morgan fingerprint density at radius 3 is 2.75 bits per heavy atom. The highest BCUT2D eigenvalue weighted by atomic mass is 127. The third kappa shape index (κ3) is 1.67. The van der Waals surface area contributed by atoms with Gasteiger partial charge in [0, 0.05) is 6.07 Å². The molecule has 0 aromatic heterocycles. The summed E-state index contributed by atoms with van der Waals surface area (Å²) in [6, 6.07) is 4.58. The van der Waals surface area contributed by atoms with E-state index in [9.17, 15) is 4.39 Å². The summed E-state index contributed by atoms with van der Waals surface area (Å²) in [5.41, 5.74) is 0.350. The number of nitriles is 1. The van der Waals surface area contributed by atoms with Gasteiger partial charge in [-0.2, -0.15) is 5.26 Å². The van der Waals surface area contributed by atoms with Crippen LogP contribution in [0.5, 0.6) is 5.75 Å². The Bertz CT molecular complexity index is 346. The van der Waals surface area contributed by atoms with Gasteiger partial charge in [-0.3, -0.25) is 0 Å². The average molecular weight is 277 g/mol. The zero-order valence-corrected chi connectivity index (χ0v) is 8.42. The van der Waals surface area contributed by atoms with Crippen molar-refractivity contribution in [3.8, 4) is 11.8 Å². The quantitative estimate of drug-likeness (QED) is 0.738. The van der Waals surface area contributed by atoms with Gasteiger partial charge in [0.05, 0.1) is 16.2 Å². The molecule has 0 amide bonds. The van der Waals surface area contributed by atoms with Gasteiger partial charge in [-0.1, -0.05) is 0 Å². The van der Waals surface area contributed by atoms with Gasteiger partial charge in [-0.15, -0.1) is 0 Å². The summed E-state index contributed by atoms with van der Waals surface area (Å²) in [6.45, 7) is 0. The van der Waals surface area contributed by atoms with Gasteiger partial charge in [0.25, 0.3) is 0 Å². The summed E-state index contributed by atoms with van der Waals surface area (Å²) in [7, 11) is 1.41. The Hall–Kier alpha value is -0.830. The number of hydrogen-bond donors (Lipinski definition) is 0. The Balaban J connectivity index is 3.31. The Morgan fingerprint density at radius 1 is 1.58 bits per heavy atom. The summed E-state index contributed by atoms with van der Waals surface area (Å²) in [5.74, 6) is -0.0955. The van der Waals surface area contributed by atoms with Crippen LogP contribution in [-0.4, -0.2) is 7.11 Å². The maximum absolute atomic E-state index is 12.9. The third-order valence-electron chi connectivity index (χ3n) is 1.36. The smallest absolute Gasteiger partial charge is 0.140 e. The first-order chi connectivity index (χ1) is 5.69. The molecule has 0 saturated heterocycles. The third-order valence-corrected chi connectivity index (χ3v) is 2.19. The molecule has 1 aromatic carbocycles. The first-order valence-electron chi connectivity index (χ1n) is 3.12. The largest absolute Gasteiger partial charge is 0.495 e. The zero-order valence-electron chi connectivity index (χ0n) is 6.27. The molecule has 0 heterocycles. The van der Waals surface area contributed by atoms with Crippen molar-refractivity contribution in [1.29, 1.82) is 5.26 Å². The molecule has 0 fully saturated rings. The van der Waals surface area contributed by atoms with E-state index < -0.39 is 0 Å². The molecule has 0 bridgehead atoms. The lowest BCUT2D eigenvalue weighted by atomic mass is 10.2. The molecule has 0 spiro atoms. The van der Waals surface area contributed by atoms with Crippen molar-refractivity contribution >= 4 is 22.6 Å². The van der Waals surface area contributed by atoms with E-state index in [-0.39, 0.29) is 11.6 Å². The lowest BCUT2D eigenvalue weighted by molar-refractivity contribution is 0.409. The molecule has 0 saturated carbocycles. The van der Waals surface area contributed by atoms with Crippen LogP contribution in [0, 0.1) is 20.7 Å². The van der Waals surface area contributed by atoms with Crippen molar-refractivity contribution < 1.29 is 9.13 Å². The van der Waals surface area contributed by atoms with Crippen molar-refractivity contribution in [2.24, 2.45) is 0 Å². The van der Waals surface area contributed by atoms with E-state index in [4.69, 9.17) is 10.00 Å². The minimum atomic E-state index is -0.369. The summed E-state index contributed by atoms with van der Waals surface area (Å²) >= 11 is 1.82. The van der Waals surface area contributed by atoms with Crippen LogP contribution in [0.2, 0.25) is 0 Å². The van der Waals surface area contributed by atoms with Gasteiger partial charge in [0.1, 0.15) is 17.6 Å². The predicted molar refractivity (Wildman–Crippen MR) is 50.4 cm³/mol. The van der Waals surface area contributed by atoms with Crippen LogP contribution >= 0.6 is 22.6 Å². The molecule has 12 heavy (non-hydrogen) atoms. The molecule has 0 radical (unpaired) electrons. The van der Waals surface area contributed by atoms with E-state index >= 15 is 0 Å². The van der Waals surface area contributed by atoms with Crippen LogP contribution in [0.1, 0.15) is 5.56 Å². The van der Waals surface area contributed by atoms with Gasteiger partial charge in [-0.05, 0) is 28.7 Å². The summed E-state index contributed by atoms with van der Waals surface area (Å²) < 4.78 is 18.1. The van der Waals surface area contributed by atoms with E-state index in [0.717, 1.165) is 0 Å². The number of benzene rings is 1. The highest BCUT2D eigenvalue weighted by Gasteiger charge is 2.07. The highest BCUT2D eigenvalue weighted by Crippen LogP contribution is 2.22. The Labute approximate surface area is 83.1 Å². The molecule has 0 atom stereocenters. The van der Waals surface area contributed by atoms with Crippen molar-refractivity contribution in [1.82, 2.24) is 0 Å². The number of methoxy groups -OCH3 is 1. The second-order valence-electron chi connectivity index (χ2n) is 2.08. The Morgan fingerprint density at radius 2 is 2.25 bits per heavy atom. The van der Waals surface area contributed by atoms with Crippen LogP contribution < -0.4 is 4.74 Å². The first kappa shape index (κ1) is 9.26. The molecule has 0 aliphatic heterocycles. The first-order valence-corrected chi connectivity index (χ1v) is 4.20. The Kier molecular flexibility index (Phi) is 2.87. The standard InChI is InChI=1S/C8H5FINO/c1-12-8-3-6(9)7(10)2-5(8)4-11/h2-3H,1H3. The van der Waals surface area contributed by atoms with Crippen LogP contribution in [0.25, 0.3) is 0 Å². The SMILES string of the molecule is COc1cc(F)c(I)cc1C#N. The monoisotopic (exact) mass is 277 g/mol. The number of hydrogen-bond acceptors (Lipinski definition) is 2. The molecule has 1 aromatic rings. The minimum Gasteiger partial charge on any atom is -0.495 e. The van der Waals surface area contributed by atoms with Gasteiger partial charge in [0.15, 0.2) is 0 Å². The number of halogens is 2. The second-order valence-corrected chi connectivity index (χ2v) is 3.24. The van der Waals surface area contributed by atoms with E-state index in [1.165, 1.54) is 19.2 Å². The van der Waals surface area contributed by atoms with Crippen molar-refractivity contribution in [2.45, 2.75) is 0 Å². The van der Waals surface area contributed by atoms with E-state index in [1.54, 1.807) is 0 Å². The molecule has 0 N–H and O–H groups in total. The van der Waals surface area contributed by atoms with E-state index in [2.05, 4.69) is 0 Å². The maximum Gasteiger partial charge on any atom is 0.140 e. The van der Waals surface area contributed by atoms with Gasteiger partial charge in [-0.25, -0.2) is 4.39 Å². The normalized spacial score (nSPS) is 9.17. The van der Waals surface area contributed by atoms with E-state index in [0.29, 0.717) is 9.13 Å². The fourth-order valence-corrected chi connectivity index (χ4v) is 1.25. The molecule has 62 valence electrons. The molecule has 0 aliphatic carbocycles. The van der Waals surface area contributed by atoms with Crippen LogP contribution in [0.3, 0.4) is 0 Å². The minimum absolute atomic E-state index is 0.274. The lowest BCUT2D eigenvalue weighted by Crippen LogP contribution is -1.91. The summed E-state index contributed by atoms with van der Waals surface area (Å²) in [6.07, 6.45) is 0. The number of ether oxygens (including phenoxy) is 1. The molecule has 1 rings (SSSR count). The lowest BCUT2D eigenvalue weighted by Gasteiger charge is -2.02.